The number of hydrogen-bond acceptors (Lipinski definition) is 5. The maximum atomic E-state index is 11.4. The lowest BCUT2D eigenvalue weighted by Crippen LogP contribution is -2.17. The second-order valence-electron chi connectivity index (χ2n) is 4.00. The molecule has 0 radical (unpaired) electrons. The van der Waals surface area contributed by atoms with Gasteiger partial charge in [0.15, 0.2) is 6.61 Å². The molecule has 0 saturated carbocycles. The summed E-state index contributed by atoms with van der Waals surface area (Å²) >= 11 is 0. The largest absolute Gasteiger partial charge is 0.454 e. The van der Waals surface area contributed by atoms with Crippen LogP contribution in [0.5, 0.6) is 0 Å². The first-order valence-corrected chi connectivity index (χ1v) is 6.45. The summed E-state index contributed by atoms with van der Waals surface area (Å²) in [5.41, 5.74) is 2.20. The highest BCUT2D eigenvalue weighted by molar-refractivity contribution is 5.76. The van der Waals surface area contributed by atoms with Gasteiger partial charge in [0, 0.05) is 12.2 Å². The van der Waals surface area contributed by atoms with Gasteiger partial charge in [0.1, 0.15) is 0 Å². The second kappa shape index (κ2) is 8.74. The standard InChI is InChI=1S/C15H19NO4/c1-3-12-7-5-6-8-13(12)16-10-9-14(17)20-11-15(18)19-4-2/h4-8,16H,2-3,9-11H2,1H3. The Labute approximate surface area is 118 Å². The van der Waals surface area contributed by atoms with Crippen molar-refractivity contribution in [2.45, 2.75) is 19.8 Å². The number of ether oxygens (including phenoxy) is 2. The van der Waals surface area contributed by atoms with E-state index in [4.69, 9.17) is 4.74 Å². The van der Waals surface area contributed by atoms with Crippen LogP contribution < -0.4 is 5.32 Å². The van der Waals surface area contributed by atoms with Crippen molar-refractivity contribution in [3.63, 3.8) is 0 Å². The second-order valence-corrected chi connectivity index (χ2v) is 4.00. The molecule has 0 atom stereocenters. The molecule has 0 unspecified atom stereocenters. The summed E-state index contributed by atoms with van der Waals surface area (Å²) in [4.78, 5) is 22.3. The number of nitrogens with one attached hydrogen (secondary N) is 1. The summed E-state index contributed by atoms with van der Waals surface area (Å²) in [6.45, 7) is 5.36. The van der Waals surface area contributed by atoms with Crippen molar-refractivity contribution in [3.05, 3.63) is 42.7 Å². The van der Waals surface area contributed by atoms with Crippen LogP contribution in [0.25, 0.3) is 0 Å². The average molecular weight is 277 g/mol. The number of carbonyl (C=O) groups is 2. The van der Waals surface area contributed by atoms with Crippen molar-refractivity contribution in [1.29, 1.82) is 0 Å². The van der Waals surface area contributed by atoms with Crippen molar-refractivity contribution < 1.29 is 19.1 Å². The molecular weight excluding hydrogens is 258 g/mol. The number of para-hydroxylation sites is 1. The number of carbonyl (C=O) groups excluding carboxylic acids is 2. The minimum atomic E-state index is -0.641. The number of esters is 2. The Kier molecular flexibility index (Phi) is 6.89. The van der Waals surface area contributed by atoms with E-state index < -0.39 is 18.5 Å². The first kappa shape index (κ1) is 15.8. The molecule has 1 rings (SSSR count). The molecule has 0 saturated heterocycles. The number of aryl methyl sites for hydroxylation is 1. The lowest BCUT2D eigenvalue weighted by Gasteiger charge is -2.10. The fraction of sp³-hybridized carbons (Fsp3) is 0.333. The molecule has 0 amide bonds. The normalized spacial score (nSPS) is 9.65. The van der Waals surface area contributed by atoms with Crippen LogP contribution in [0.2, 0.25) is 0 Å². The smallest absolute Gasteiger partial charge is 0.349 e. The van der Waals surface area contributed by atoms with E-state index in [2.05, 4.69) is 23.6 Å². The van der Waals surface area contributed by atoms with Crippen LogP contribution in [0.15, 0.2) is 37.1 Å². The molecule has 0 aromatic heterocycles. The molecule has 0 heterocycles. The lowest BCUT2D eigenvalue weighted by atomic mass is 10.1. The van der Waals surface area contributed by atoms with Crippen LogP contribution in [-0.2, 0) is 25.5 Å². The Hall–Kier alpha value is -2.30. The molecule has 0 aliphatic carbocycles. The molecule has 0 aliphatic heterocycles. The molecule has 0 fully saturated rings. The summed E-state index contributed by atoms with van der Waals surface area (Å²) < 4.78 is 9.18. The van der Waals surface area contributed by atoms with Gasteiger partial charge in [-0.3, -0.25) is 4.79 Å². The van der Waals surface area contributed by atoms with Crippen LogP contribution in [0, 0.1) is 0 Å². The SMILES string of the molecule is C=COC(=O)COC(=O)CCNc1ccccc1CC. The van der Waals surface area contributed by atoms with Gasteiger partial charge in [-0.2, -0.15) is 0 Å². The summed E-state index contributed by atoms with van der Waals surface area (Å²) in [7, 11) is 0. The van der Waals surface area contributed by atoms with Crippen LogP contribution in [0.1, 0.15) is 18.9 Å². The van der Waals surface area contributed by atoms with Crippen LogP contribution in [-0.4, -0.2) is 25.1 Å². The highest BCUT2D eigenvalue weighted by Crippen LogP contribution is 2.15. The Morgan fingerprint density at radius 2 is 2.05 bits per heavy atom. The number of anilines is 1. The van der Waals surface area contributed by atoms with E-state index in [0.29, 0.717) is 6.54 Å². The van der Waals surface area contributed by atoms with Crippen LogP contribution in [0.4, 0.5) is 5.69 Å². The predicted octanol–water partition coefficient (Wildman–Crippen LogP) is 2.28. The van der Waals surface area contributed by atoms with Gasteiger partial charge in [-0.15, -0.1) is 0 Å². The van der Waals surface area contributed by atoms with E-state index in [9.17, 15) is 9.59 Å². The molecule has 0 spiro atoms. The van der Waals surface area contributed by atoms with Crippen molar-refractivity contribution in [2.24, 2.45) is 0 Å². The Bertz CT molecular complexity index is 471. The van der Waals surface area contributed by atoms with Gasteiger partial charge in [-0.05, 0) is 18.1 Å². The highest BCUT2D eigenvalue weighted by atomic mass is 16.6. The van der Waals surface area contributed by atoms with Gasteiger partial charge < -0.3 is 14.8 Å². The average Bonchev–Trinajstić information content (AvgIpc) is 2.46. The van der Waals surface area contributed by atoms with E-state index in [0.717, 1.165) is 18.4 Å². The minimum Gasteiger partial charge on any atom is -0.454 e. The molecule has 5 heteroatoms. The molecule has 108 valence electrons. The summed E-state index contributed by atoms with van der Waals surface area (Å²) in [6, 6.07) is 7.91. The van der Waals surface area contributed by atoms with Crippen molar-refractivity contribution in [2.75, 3.05) is 18.5 Å². The third kappa shape index (κ3) is 5.56. The predicted molar refractivity (Wildman–Crippen MR) is 76.2 cm³/mol. The highest BCUT2D eigenvalue weighted by Gasteiger charge is 2.07. The number of hydrogen-bond donors (Lipinski definition) is 1. The fourth-order valence-electron chi connectivity index (χ4n) is 1.64. The molecule has 1 N–H and O–H groups in total. The van der Waals surface area contributed by atoms with Gasteiger partial charge in [-0.25, -0.2) is 4.79 Å². The minimum absolute atomic E-state index is 0.180. The third-order valence-corrected chi connectivity index (χ3v) is 2.61. The maximum absolute atomic E-state index is 11.4. The van der Waals surface area contributed by atoms with E-state index >= 15 is 0 Å². The molecule has 0 aliphatic rings. The van der Waals surface area contributed by atoms with Gasteiger partial charge in [0.25, 0.3) is 0 Å². The zero-order valence-electron chi connectivity index (χ0n) is 11.6. The number of benzene rings is 1. The van der Waals surface area contributed by atoms with Crippen LogP contribution in [0.3, 0.4) is 0 Å². The number of rotatable bonds is 8. The van der Waals surface area contributed by atoms with Crippen molar-refractivity contribution in [3.8, 4) is 0 Å². The van der Waals surface area contributed by atoms with Crippen LogP contribution >= 0.6 is 0 Å². The monoisotopic (exact) mass is 277 g/mol. The van der Waals surface area contributed by atoms with Gasteiger partial charge in [0.2, 0.25) is 0 Å². The Morgan fingerprint density at radius 1 is 1.30 bits per heavy atom. The van der Waals surface area contributed by atoms with Gasteiger partial charge in [0.05, 0.1) is 12.7 Å². The molecule has 5 nitrogen and oxygen atoms in total. The third-order valence-electron chi connectivity index (χ3n) is 2.61. The van der Waals surface area contributed by atoms with Crippen molar-refractivity contribution >= 4 is 17.6 Å². The Balaban J connectivity index is 2.28. The van der Waals surface area contributed by atoms with E-state index in [1.54, 1.807) is 0 Å². The molecule has 1 aromatic carbocycles. The topological polar surface area (TPSA) is 64.6 Å². The van der Waals surface area contributed by atoms with Crippen molar-refractivity contribution in [1.82, 2.24) is 0 Å². The molecule has 0 bridgehead atoms. The fourth-order valence-corrected chi connectivity index (χ4v) is 1.64. The zero-order valence-corrected chi connectivity index (χ0v) is 11.6. The van der Waals surface area contributed by atoms with Gasteiger partial charge >= 0.3 is 11.9 Å². The van der Waals surface area contributed by atoms with E-state index in [1.165, 1.54) is 5.56 Å². The summed E-state index contributed by atoms with van der Waals surface area (Å²) in [5, 5.41) is 3.17. The lowest BCUT2D eigenvalue weighted by molar-refractivity contribution is -0.155. The zero-order chi connectivity index (χ0) is 14.8. The van der Waals surface area contributed by atoms with Gasteiger partial charge in [-0.1, -0.05) is 31.7 Å². The molecular formula is C15H19NO4. The Morgan fingerprint density at radius 3 is 2.75 bits per heavy atom. The molecule has 20 heavy (non-hydrogen) atoms. The van der Waals surface area contributed by atoms with E-state index in [-0.39, 0.29) is 6.42 Å². The van der Waals surface area contributed by atoms with E-state index in [1.807, 2.05) is 24.3 Å². The summed E-state index contributed by atoms with van der Waals surface area (Å²) in [6.07, 6.45) is 2.10. The quantitative estimate of drug-likeness (QED) is 0.583. The first-order chi connectivity index (χ1) is 9.67. The molecule has 1 aromatic rings. The summed E-state index contributed by atoms with van der Waals surface area (Å²) in [5.74, 6) is -1.09. The maximum Gasteiger partial charge on any atom is 0.349 e. The first-order valence-electron chi connectivity index (χ1n) is 6.45.